The van der Waals surface area contributed by atoms with Gasteiger partial charge in [-0.15, -0.1) is 0 Å². The van der Waals surface area contributed by atoms with Gasteiger partial charge in [0.2, 0.25) is 0 Å². The van der Waals surface area contributed by atoms with Gasteiger partial charge in [0.05, 0.1) is 6.61 Å². The maximum absolute atomic E-state index is 12.5. The van der Waals surface area contributed by atoms with Gasteiger partial charge in [-0.25, -0.2) is 0 Å². The highest BCUT2D eigenvalue weighted by Crippen LogP contribution is 2.21. The van der Waals surface area contributed by atoms with E-state index in [-0.39, 0.29) is 5.91 Å². The predicted octanol–water partition coefficient (Wildman–Crippen LogP) is 4.33. The smallest absolute Gasteiger partial charge is 0.256 e. The number of nitrogens with one attached hydrogen (secondary N) is 1. The lowest BCUT2D eigenvalue weighted by Crippen LogP contribution is -2.42. The number of amides is 1. The molecule has 1 aromatic rings. The van der Waals surface area contributed by atoms with Crippen molar-refractivity contribution >= 4 is 11.6 Å². The van der Waals surface area contributed by atoms with Crippen LogP contribution < -0.4 is 10.1 Å². The van der Waals surface area contributed by atoms with E-state index in [1.165, 1.54) is 25.9 Å². The average molecular weight is 377 g/mol. The molecule has 5 heteroatoms. The highest BCUT2D eigenvalue weighted by atomic mass is 16.5. The molecule has 1 saturated heterocycles. The van der Waals surface area contributed by atoms with Crippen molar-refractivity contribution in [3.8, 4) is 5.75 Å². The van der Waals surface area contributed by atoms with Gasteiger partial charge in [0, 0.05) is 25.4 Å². The number of hydrogen-bond acceptors (Lipinski definition) is 4. The van der Waals surface area contributed by atoms with Crippen molar-refractivity contribution in [1.82, 2.24) is 4.90 Å². The van der Waals surface area contributed by atoms with E-state index in [4.69, 9.17) is 9.47 Å². The molecule has 0 aromatic heterocycles. The summed E-state index contributed by atoms with van der Waals surface area (Å²) in [6.45, 7) is 12.8. The molecule has 1 aromatic carbocycles. The number of carbonyl (C=O) groups is 1. The van der Waals surface area contributed by atoms with Crippen LogP contribution in [-0.2, 0) is 9.53 Å². The summed E-state index contributed by atoms with van der Waals surface area (Å²) in [6.07, 6.45) is 4.34. The number of rotatable bonds is 10. The summed E-state index contributed by atoms with van der Waals surface area (Å²) in [5.41, 5.74) is -0.0374. The lowest BCUT2D eigenvalue weighted by atomic mass is 10.0. The van der Waals surface area contributed by atoms with Gasteiger partial charge in [0.1, 0.15) is 11.4 Å². The first-order valence-corrected chi connectivity index (χ1v) is 10.4. The fraction of sp³-hybridized carbons (Fsp3) is 0.682. The summed E-state index contributed by atoms with van der Waals surface area (Å²) in [6, 6.07) is 7.56. The van der Waals surface area contributed by atoms with Crippen LogP contribution in [0.3, 0.4) is 0 Å². The summed E-state index contributed by atoms with van der Waals surface area (Å²) in [5.74, 6) is 1.54. The van der Waals surface area contributed by atoms with Gasteiger partial charge in [-0.05, 0) is 76.3 Å². The van der Waals surface area contributed by atoms with Crippen molar-refractivity contribution in [2.24, 2.45) is 5.92 Å². The lowest BCUT2D eigenvalue weighted by Gasteiger charge is -2.30. The Hall–Kier alpha value is -1.59. The maximum Gasteiger partial charge on any atom is 0.256 e. The number of hydrogen-bond donors (Lipinski definition) is 1. The van der Waals surface area contributed by atoms with E-state index >= 15 is 0 Å². The molecule has 1 fully saturated rings. The first-order chi connectivity index (χ1) is 13.0. The van der Waals surface area contributed by atoms with Gasteiger partial charge in [-0.1, -0.05) is 13.8 Å². The molecule has 1 aliphatic heterocycles. The van der Waals surface area contributed by atoms with Crippen LogP contribution in [0.1, 0.15) is 53.4 Å². The minimum absolute atomic E-state index is 0.115. The molecular formula is C22H36N2O3. The van der Waals surface area contributed by atoms with E-state index < -0.39 is 5.60 Å². The first kappa shape index (κ1) is 21.7. The molecular weight excluding hydrogens is 340 g/mol. The molecule has 0 radical (unpaired) electrons. The zero-order valence-corrected chi connectivity index (χ0v) is 17.4. The number of nitrogens with zero attached hydrogens (tertiary/aromatic N) is 1. The second-order valence-corrected chi connectivity index (χ2v) is 7.75. The molecule has 2 atom stereocenters. The highest BCUT2D eigenvalue weighted by molar-refractivity contribution is 5.97. The zero-order valence-electron chi connectivity index (χ0n) is 17.4. The van der Waals surface area contributed by atoms with E-state index in [0.717, 1.165) is 36.9 Å². The largest absolute Gasteiger partial charge is 0.494 e. The highest BCUT2D eigenvalue weighted by Gasteiger charge is 2.31. The van der Waals surface area contributed by atoms with Gasteiger partial charge in [0.25, 0.3) is 5.91 Å². The van der Waals surface area contributed by atoms with Gasteiger partial charge in [0.15, 0.2) is 0 Å². The summed E-state index contributed by atoms with van der Waals surface area (Å²) < 4.78 is 11.5. The molecule has 5 nitrogen and oxygen atoms in total. The monoisotopic (exact) mass is 376 g/mol. The van der Waals surface area contributed by atoms with Crippen LogP contribution in [0.5, 0.6) is 5.75 Å². The third-order valence-corrected chi connectivity index (χ3v) is 5.36. The molecule has 27 heavy (non-hydrogen) atoms. The molecule has 1 amide bonds. The Morgan fingerprint density at radius 1 is 1.30 bits per heavy atom. The molecule has 0 bridgehead atoms. The van der Waals surface area contributed by atoms with Crippen LogP contribution in [-0.4, -0.2) is 49.3 Å². The van der Waals surface area contributed by atoms with Crippen molar-refractivity contribution in [1.29, 1.82) is 0 Å². The van der Waals surface area contributed by atoms with Crippen molar-refractivity contribution < 1.29 is 14.3 Å². The van der Waals surface area contributed by atoms with E-state index in [1.54, 1.807) is 0 Å². The van der Waals surface area contributed by atoms with Crippen molar-refractivity contribution in [3.63, 3.8) is 0 Å². The average Bonchev–Trinajstić information content (AvgIpc) is 2.66. The number of carbonyl (C=O) groups excluding carboxylic acids is 1. The number of piperidine rings is 1. The lowest BCUT2D eigenvalue weighted by molar-refractivity contribution is -0.139. The zero-order chi connectivity index (χ0) is 19.7. The Morgan fingerprint density at radius 3 is 2.67 bits per heavy atom. The molecule has 1 heterocycles. The molecule has 0 saturated carbocycles. The van der Waals surface area contributed by atoms with E-state index in [0.29, 0.717) is 13.0 Å². The number of likely N-dealkylation sites (tertiary alicyclic amines) is 1. The Morgan fingerprint density at radius 2 is 2.04 bits per heavy atom. The van der Waals surface area contributed by atoms with Gasteiger partial charge >= 0.3 is 0 Å². The fourth-order valence-corrected chi connectivity index (χ4v) is 3.51. The summed E-state index contributed by atoms with van der Waals surface area (Å²) in [4.78, 5) is 15.0. The van der Waals surface area contributed by atoms with Crippen LogP contribution in [0.4, 0.5) is 5.69 Å². The van der Waals surface area contributed by atoms with Crippen molar-refractivity contribution in [3.05, 3.63) is 24.3 Å². The summed E-state index contributed by atoms with van der Waals surface area (Å²) in [7, 11) is 0. The third kappa shape index (κ3) is 6.82. The molecule has 2 rings (SSSR count). The second kappa shape index (κ2) is 10.7. The van der Waals surface area contributed by atoms with Crippen LogP contribution in [0.2, 0.25) is 0 Å². The predicted molar refractivity (Wildman–Crippen MR) is 110 cm³/mol. The van der Waals surface area contributed by atoms with Gasteiger partial charge in [-0.3, -0.25) is 4.79 Å². The van der Waals surface area contributed by atoms with E-state index in [9.17, 15) is 4.79 Å². The number of anilines is 1. The molecule has 152 valence electrons. The quantitative estimate of drug-likeness (QED) is 0.618. The Balaban J connectivity index is 1.74. The summed E-state index contributed by atoms with van der Waals surface area (Å²) >= 11 is 0. The van der Waals surface area contributed by atoms with Crippen LogP contribution in [0.15, 0.2) is 24.3 Å². The first-order valence-electron chi connectivity index (χ1n) is 10.4. The van der Waals surface area contributed by atoms with Crippen LogP contribution in [0, 0.1) is 5.92 Å². The Labute approximate surface area is 164 Å². The standard InChI is InChI=1S/C22H36N2O3/c1-5-22(4,27-6-2)21(25)23-19-10-12-20(13-11-19)26-16-8-15-24-14-7-9-18(3)17-24/h10-13,18H,5-9,14-17H2,1-4H3,(H,23,25)/t18-,22+/m0/s1. The SMILES string of the molecule is CCO[C@](C)(CC)C(=O)Nc1ccc(OCCCN2CCC[C@H](C)C2)cc1. The molecule has 1 N–H and O–H groups in total. The fourth-order valence-electron chi connectivity index (χ4n) is 3.51. The Kier molecular flexibility index (Phi) is 8.58. The topological polar surface area (TPSA) is 50.8 Å². The number of benzene rings is 1. The van der Waals surface area contributed by atoms with E-state index in [1.807, 2.05) is 45.0 Å². The summed E-state index contributed by atoms with van der Waals surface area (Å²) in [5, 5.41) is 2.93. The van der Waals surface area contributed by atoms with Gasteiger partial charge in [-0.2, -0.15) is 0 Å². The molecule has 0 spiro atoms. The van der Waals surface area contributed by atoms with Crippen molar-refractivity contribution in [2.75, 3.05) is 38.2 Å². The Bertz CT molecular complexity index is 575. The minimum Gasteiger partial charge on any atom is -0.494 e. The van der Waals surface area contributed by atoms with Crippen LogP contribution >= 0.6 is 0 Å². The number of ether oxygens (including phenoxy) is 2. The van der Waals surface area contributed by atoms with Crippen LogP contribution in [0.25, 0.3) is 0 Å². The molecule has 1 aliphatic rings. The van der Waals surface area contributed by atoms with E-state index in [2.05, 4.69) is 17.1 Å². The molecule has 0 aliphatic carbocycles. The second-order valence-electron chi connectivity index (χ2n) is 7.75. The van der Waals surface area contributed by atoms with Gasteiger partial charge < -0.3 is 19.7 Å². The normalized spacial score (nSPS) is 20.1. The third-order valence-electron chi connectivity index (χ3n) is 5.36. The molecule has 0 unspecified atom stereocenters. The van der Waals surface area contributed by atoms with Crippen molar-refractivity contribution in [2.45, 2.75) is 59.0 Å². The maximum atomic E-state index is 12.5. The minimum atomic E-state index is -0.796.